The van der Waals surface area contributed by atoms with Crippen LogP contribution in [0.2, 0.25) is 0 Å². The van der Waals surface area contributed by atoms with Gasteiger partial charge in [-0.1, -0.05) is 0 Å². The van der Waals surface area contributed by atoms with Crippen molar-refractivity contribution in [3.05, 3.63) is 47.7 Å². The average Bonchev–Trinajstić information content (AvgIpc) is 2.42. The number of amides is 1. The third kappa shape index (κ3) is 3.03. The topological polar surface area (TPSA) is 92.4 Å². The highest BCUT2D eigenvalue weighted by Gasteiger charge is 2.20. The molecule has 6 nitrogen and oxygen atoms in total. The van der Waals surface area contributed by atoms with E-state index in [9.17, 15) is 4.79 Å². The second kappa shape index (κ2) is 6.01. The standard InChI is InChI=1S/C14H17N5O/c1-9-5-12(3-4-16-9)19-14-10(2)18-13(17-8-20)6-11(14)7-15/h3-8,10,18H,15H2,1-2H3,(H,17,20). The Morgan fingerprint density at radius 1 is 1.55 bits per heavy atom. The first kappa shape index (κ1) is 13.8. The molecule has 1 atom stereocenters. The first-order valence-corrected chi connectivity index (χ1v) is 6.26. The van der Waals surface area contributed by atoms with Crippen LogP contribution in [0.1, 0.15) is 12.6 Å². The van der Waals surface area contributed by atoms with Crippen LogP contribution in [0.5, 0.6) is 0 Å². The molecule has 1 aromatic rings. The van der Waals surface area contributed by atoms with Crippen LogP contribution in [0, 0.1) is 6.92 Å². The number of aryl methyl sites for hydroxylation is 1. The van der Waals surface area contributed by atoms with Crippen molar-refractivity contribution in [2.24, 2.45) is 10.7 Å². The first-order chi connectivity index (χ1) is 9.63. The van der Waals surface area contributed by atoms with Crippen molar-refractivity contribution < 1.29 is 4.79 Å². The fraction of sp³-hybridized carbons (Fsp3) is 0.214. The summed E-state index contributed by atoms with van der Waals surface area (Å²) in [4.78, 5) is 19.3. The number of aromatic nitrogens is 1. The Bertz CT molecular complexity index is 603. The zero-order chi connectivity index (χ0) is 14.5. The number of aliphatic imine (C=N–C) groups is 1. The van der Waals surface area contributed by atoms with Crippen LogP contribution < -0.4 is 16.4 Å². The molecule has 1 amide bonds. The molecule has 104 valence electrons. The van der Waals surface area contributed by atoms with Gasteiger partial charge in [0.25, 0.3) is 0 Å². The van der Waals surface area contributed by atoms with Crippen LogP contribution >= 0.6 is 0 Å². The predicted octanol–water partition coefficient (Wildman–Crippen LogP) is 0.884. The number of hydrogen-bond donors (Lipinski definition) is 3. The number of allylic oxidation sites excluding steroid dienone is 1. The van der Waals surface area contributed by atoms with Gasteiger partial charge in [0.1, 0.15) is 5.82 Å². The lowest BCUT2D eigenvalue weighted by molar-refractivity contribution is -0.109. The number of carbonyl (C=O) groups is 1. The van der Waals surface area contributed by atoms with Crippen LogP contribution in [0.25, 0.3) is 0 Å². The minimum atomic E-state index is -0.0641. The lowest BCUT2D eigenvalue weighted by Gasteiger charge is -2.25. The summed E-state index contributed by atoms with van der Waals surface area (Å²) in [6.07, 6.45) is 5.57. The first-order valence-electron chi connectivity index (χ1n) is 6.26. The number of nitrogens with zero attached hydrogens (tertiary/aromatic N) is 2. The minimum absolute atomic E-state index is 0.0641. The maximum atomic E-state index is 10.5. The summed E-state index contributed by atoms with van der Waals surface area (Å²) in [6, 6.07) is 3.67. The molecule has 0 fully saturated rings. The van der Waals surface area contributed by atoms with E-state index in [1.807, 2.05) is 26.0 Å². The van der Waals surface area contributed by atoms with Gasteiger partial charge in [0.2, 0.25) is 6.41 Å². The van der Waals surface area contributed by atoms with E-state index in [1.165, 1.54) is 6.20 Å². The van der Waals surface area contributed by atoms with E-state index in [0.717, 1.165) is 22.7 Å². The minimum Gasteiger partial charge on any atom is -0.404 e. The fourth-order valence-electron chi connectivity index (χ4n) is 2.00. The van der Waals surface area contributed by atoms with Gasteiger partial charge in [0.05, 0.1) is 17.4 Å². The summed E-state index contributed by atoms with van der Waals surface area (Å²) in [5.74, 6) is 0.606. The van der Waals surface area contributed by atoms with Crippen molar-refractivity contribution in [1.29, 1.82) is 0 Å². The maximum absolute atomic E-state index is 10.5. The lowest BCUT2D eigenvalue weighted by Crippen LogP contribution is -2.42. The van der Waals surface area contributed by atoms with E-state index in [2.05, 4.69) is 20.6 Å². The average molecular weight is 271 g/mol. The van der Waals surface area contributed by atoms with E-state index in [0.29, 0.717) is 12.2 Å². The molecule has 1 aromatic heterocycles. The summed E-state index contributed by atoms with van der Waals surface area (Å²) in [5, 5.41) is 5.72. The maximum Gasteiger partial charge on any atom is 0.212 e. The molecule has 0 radical (unpaired) electrons. The third-order valence-electron chi connectivity index (χ3n) is 2.90. The van der Waals surface area contributed by atoms with Crippen molar-refractivity contribution in [3.63, 3.8) is 0 Å². The van der Waals surface area contributed by atoms with E-state index in [4.69, 9.17) is 5.73 Å². The van der Waals surface area contributed by atoms with Crippen LogP contribution in [0.4, 0.5) is 5.69 Å². The molecule has 0 saturated carbocycles. The Hall–Kier alpha value is -2.63. The zero-order valence-corrected chi connectivity index (χ0v) is 11.4. The second-order valence-electron chi connectivity index (χ2n) is 4.46. The predicted molar refractivity (Wildman–Crippen MR) is 78.2 cm³/mol. The van der Waals surface area contributed by atoms with E-state index in [1.54, 1.807) is 12.3 Å². The molecule has 1 aliphatic rings. The third-order valence-corrected chi connectivity index (χ3v) is 2.90. The number of nitrogens with one attached hydrogen (secondary N) is 2. The van der Waals surface area contributed by atoms with Crippen LogP contribution in [0.15, 0.2) is 47.0 Å². The Kier molecular flexibility index (Phi) is 4.14. The molecular formula is C14H17N5O. The van der Waals surface area contributed by atoms with Crippen molar-refractivity contribution in [2.45, 2.75) is 19.9 Å². The molecule has 0 bridgehead atoms. The Morgan fingerprint density at radius 3 is 3.00 bits per heavy atom. The largest absolute Gasteiger partial charge is 0.404 e. The molecule has 1 unspecified atom stereocenters. The van der Waals surface area contributed by atoms with Crippen molar-refractivity contribution in [1.82, 2.24) is 15.6 Å². The zero-order valence-electron chi connectivity index (χ0n) is 11.4. The van der Waals surface area contributed by atoms with Crippen molar-refractivity contribution in [3.8, 4) is 0 Å². The van der Waals surface area contributed by atoms with Crippen LogP contribution in [-0.4, -0.2) is 23.1 Å². The molecule has 0 aromatic carbocycles. The van der Waals surface area contributed by atoms with Crippen LogP contribution in [0.3, 0.4) is 0 Å². The summed E-state index contributed by atoms with van der Waals surface area (Å²) in [6.45, 7) is 3.87. The molecule has 6 heteroatoms. The Labute approximate surface area is 117 Å². The molecule has 0 saturated heterocycles. The second-order valence-corrected chi connectivity index (χ2v) is 4.46. The summed E-state index contributed by atoms with van der Waals surface area (Å²) >= 11 is 0. The highest BCUT2D eigenvalue weighted by molar-refractivity contribution is 6.08. The molecule has 4 N–H and O–H groups in total. The molecule has 0 spiro atoms. The molecule has 1 aliphatic heterocycles. The van der Waals surface area contributed by atoms with Gasteiger partial charge in [0, 0.05) is 23.7 Å². The SMILES string of the molecule is Cc1cc(N=C2C(=CN)C=C(NC=O)NC2C)ccn1. The summed E-state index contributed by atoms with van der Waals surface area (Å²) < 4.78 is 0. The summed E-state index contributed by atoms with van der Waals surface area (Å²) in [5.41, 5.74) is 8.96. The molecule has 0 aliphatic carbocycles. The quantitative estimate of drug-likeness (QED) is 0.712. The molecular weight excluding hydrogens is 254 g/mol. The van der Waals surface area contributed by atoms with Gasteiger partial charge in [-0.2, -0.15) is 0 Å². The Balaban J connectivity index is 2.38. The van der Waals surface area contributed by atoms with E-state index in [-0.39, 0.29) is 6.04 Å². The lowest BCUT2D eigenvalue weighted by atomic mass is 10.0. The Morgan fingerprint density at radius 2 is 2.35 bits per heavy atom. The van der Waals surface area contributed by atoms with Gasteiger partial charge in [-0.05, 0) is 32.1 Å². The number of hydrogen-bond acceptors (Lipinski definition) is 5. The highest BCUT2D eigenvalue weighted by Crippen LogP contribution is 2.18. The van der Waals surface area contributed by atoms with Crippen molar-refractivity contribution >= 4 is 17.8 Å². The van der Waals surface area contributed by atoms with Crippen LogP contribution in [-0.2, 0) is 4.79 Å². The van der Waals surface area contributed by atoms with Gasteiger partial charge in [-0.3, -0.25) is 14.8 Å². The van der Waals surface area contributed by atoms with Gasteiger partial charge in [-0.25, -0.2) is 0 Å². The normalized spacial score (nSPS) is 22.3. The van der Waals surface area contributed by atoms with Gasteiger partial charge >= 0.3 is 0 Å². The number of rotatable bonds is 3. The smallest absolute Gasteiger partial charge is 0.212 e. The van der Waals surface area contributed by atoms with Crippen molar-refractivity contribution in [2.75, 3.05) is 0 Å². The van der Waals surface area contributed by atoms with Gasteiger partial charge < -0.3 is 16.4 Å². The van der Waals surface area contributed by atoms with Gasteiger partial charge in [-0.15, -0.1) is 0 Å². The fourth-order valence-corrected chi connectivity index (χ4v) is 2.00. The number of nitrogens with two attached hydrogens (primary N) is 1. The molecule has 20 heavy (non-hydrogen) atoms. The highest BCUT2D eigenvalue weighted by atomic mass is 16.1. The van der Waals surface area contributed by atoms with E-state index >= 15 is 0 Å². The number of carbonyl (C=O) groups excluding carboxylic acids is 1. The molecule has 2 heterocycles. The molecule has 2 rings (SSSR count). The number of pyridine rings is 1. The monoisotopic (exact) mass is 271 g/mol. The summed E-state index contributed by atoms with van der Waals surface area (Å²) in [7, 11) is 0. The van der Waals surface area contributed by atoms with E-state index < -0.39 is 0 Å². The van der Waals surface area contributed by atoms with Gasteiger partial charge in [0.15, 0.2) is 0 Å².